The van der Waals surface area contributed by atoms with Crippen molar-refractivity contribution >= 4 is 5.91 Å². The zero-order valence-electron chi connectivity index (χ0n) is 11.4. The van der Waals surface area contributed by atoms with Crippen LogP contribution in [0.2, 0.25) is 0 Å². The maximum Gasteiger partial charge on any atom is 0.228 e. The van der Waals surface area contributed by atoms with E-state index in [2.05, 4.69) is 11.4 Å². The molecule has 1 amide bonds. The van der Waals surface area contributed by atoms with Gasteiger partial charge in [-0.25, -0.2) is 0 Å². The molecule has 100 valence electrons. The number of benzene rings is 1. The van der Waals surface area contributed by atoms with Crippen molar-refractivity contribution in [2.45, 2.75) is 50.5 Å². The first-order chi connectivity index (χ1) is 9.21. The van der Waals surface area contributed by atoms with Gasteiger partial charge in [0, 0.05) is 0 Å². The molecular weight excluding hydrogens is 236 g/mol. The molecule has 0 saturated heterocycles. The van der Waals surface area contributed by atoms with Gasteiger partial charge in [-0.05, 0) is 37.7 Å². The SMILES string of the molecule is CCC(C(=O)NC1(C#N)CCCC1)c1ccccc1. The van der Waals surface area contributed by atoms with Crippen LogP contribution in [-0.4, -0.2) is 11.4 Å². The second-order valence-electron chi connectivity index (χ2n) is 5.26. The van der Waals surface area contributed by atoms with Gasteiger partial charge >= 0.3 is 0 Å². The van der Waals surface area contributed by atoms with Crippen LogP contribution in [0, 0.1) is 11.3 Å². The van der Waals surface area contributed by atoms with Crippen LogP contribution in [0.15, 0.2) is 30.3 Å². The van der Waals surface area contributed by atoms with Gasteiger partial charge in [0.05, 0.1) is 12.0 Å². The van der Waals surface area contributed by atoms with Gasteiger partial charge in [-0.1, -0.05) is 37.3 Å². The Morgan fingerprint density at radius 1 is 1.37 bits per heavy atom. The molecule has 0 aliphatic heterocycles. The number of carbonyl (C=O) groups excluding carboxylic acids is 1. The summed E-state index contributed by atoms with van der Waals surface area (Å²) >= 11 is 0. The maximum atomic E-state index is 12.4. The molecule has 0 spiro atoms. The fourth-order valence-electron chi connectivity index (χ4n) is 2.82. The lowest BCUT2D eigenvalue weighted by Gasteiger charge is -2.25. The van der Waals surface area contributed by atoms with Crippen LogP contribution in [-0.2, 0) is 4.79 Å². The Bertz CT molecular complexity index is 469. The van der Waals surface area contributed by atoms with Crippen LogP contribution in [0.4, 0.5) is 0 Å². The molecule has 0 heterocycles. The van der Waals surface area contributed by atoms with Crippen LogP contribution in [0.1, 0.15) is 50.5 Å². The van der Waals surface area contributed by atoms with Crippen molar-refractivity contribution in [3.63, 3.8) is 0 Å². The first kappa shape index (κ1) is 13.6. The Hall–Kier alpha value is -1.82. The Labute approximate surface area is 114 Å². The second-order valence-corrected chi connectivity index (χ2v) is 5.26. The summed E-state index contributed by atoms with van der Waals surface area (Å²) in [5.41, 5.74) is 0.396. The summed E-state index contributed by atoms with van der Waals surface area (Å²) in [5.74, 6) is -0.177. The van der Waals surface area contributed by atoms with Crippen LogP contribution in [0.25, 0.3) is 0 Å². The van der Waals surface area contributed by atoms with Crippen LogP contribution in [0.3, 0.4) is 0 Å². The number of hydrogen-bond donors (Lipinski definition) is 1. The third-order valence-corrected chi connectivity index (χ3v) is 3.96. The summed E-state index contributed by atoms with van der Waals surface area (Å²) < 4.78 is 0. The van der Waals surface area contributed by atoms with E-state index in [4.69, 9.17) is 0 Å². The number of hydrogen-bond acceptors (Lipinski definition) is 2. The van der Waals surface area contributed by atoms with E-state index < -0.39 is 5.54 Å². The molecule has 3 nitrogen and oxygen atoms in total. The van der Waals surface area contributed by atoms with E-state index in [9.17, 15) is 10.1 Å². The van der Waals surface area contributed by atoms with Crippen molar-refractivity contribution in [3.8, 4) is 6.07 Å². The average molecular weight is 256 g/mol. The van der Waals surface area contributed by atoms with Crippen molar-refractivity contribution in [3.05, 3.63) is 35.9 Å². The van der Waals surface area contributed by atoms with E-state index in [0.29, 0.717) is 0 Å². The lowest BCUT2D eigenvalue weighted by Crippen LogP contribution is -2.47. The van der Waals surface area contributed by atoms with E-state index >= 15 is 0 Å². The predicted molar refractivity (Wildman–Crippen MR) is 74.4 cm³/mol. The van der Waals surface area contributed by atoms with Crippen LogP contribution < -0.4 is 5.32 Å². The number of carbonyl (C=O) groups is 1. The highest BCUT2D eigenvalue weighted by atomic mass is 16.2. The van der Waals surface area contributed by atoms with Gasteiger partial charge in [-0.15, -0.1) is 0 Å². The number of rotatable bonds is 4. The summed E-state index contributed by atoms with van der Waals surface area (Å²) in [7, 11) is 0. The number of nitriles is 1. The fraction of sp³-hybridized carbons (Fsp3) is 0.500. The fourth-order valence-corrected chi connectivity index (χ4v) is 2.82. The molecule has 19 heavy (non-hydrogen) atoms. The van der Waals surface area contributed by atoms with Crippen LogP contribution in [0.5, 0.6) is 0 Å². The molecule has 0 aromatic heterocycles. The van der Waals surface area contributed by atoms with Gasteiger partial charge in [0.25, 0.3) is 0 Å². The van der Waals surface area contributed by atoms with E-state index in [1.807, 2.05) is 37.3 Å². The summed E-state index contributed by atoms with van der Waals surface area (Å²) in [6.07, 6.45) is 4.35. The van der Waals surface area contributed by atoms with Gasteiger partial charge in [-0.3, -0.25) is 4.79 Å². The Morgan fingerprint density at radius 3 is 2.53 bits per heavy atom. The molecule has 1 aromatic carbocycles. The van der Waals surface area contributed by atoms with Gasteiger partial charge in [-0.2, -0.15) is 5.26 Å². The van der Waals surface area contributed by atoms with Gasteiger partial charge in [0.1, 0.15) is 5.54 Å². The summed E-state index contributed by atoms with van der Waals surface area (Å²) in [5, 5.41) is 12.3. The number of nitrogens with zero attached hydrogens (tertiary/aromatic N) is 1. The minimum Gasteiger partial charge on any atom is -0.337 e. The van der Waals surface area contributed by atoms with Gasteiger partial charge < -0.3 is 5.32 Å². The van der Waals surface area contributed by atoms with Gasteiger partial charge in [0.2, 0.25) is 5.91 Å². The number of amides is 1. The third kappa shape index (κ3) is 2.96. The van der Waals surface area contributed by atoms with Crippen LogP contribution >= 0.6 is 0 Å². The Morgan fingerprint density at radius 2 is 2.00 bits per heavy atom. The van der Waals surface area contributed by atoms with E-state index in [1.165, 1.54) is 0 Å². The number of nitrogens with one attached hydrogen (secondary N) is 1. The molecule has 1 atom stereocenters. The first-order valence-corrected chi connectivity index (χ1v) is 6.99. The summed E-state index contributed by atoms with van der Waals surface area (Å²) in [6.45, 7) is 2.00. The molecule has 1 fully saturated rings. The first-order valence-electron chi connectivity index (χ1n) is 6.99. The monoisotopic (exact) mass is 256 g/mol. The maximum absolute atomic E-state index is 12.4. The highest BCUT2D eigenvalue weighted by molar-refractivity contribution is 5.84. The molecule has 1 N–H and O–H groups in total. The molecule has 1 aliphatic carbocycles. The quantitative estimate of drug-likeness (QED) is 0.899. The summed E-state index contributed by atoms with van der Waals surface area (Å²) in [4.78, 5) is 12.4. The highest BCUT2D eigenvalue weighted by Gasteiger charge is 2.36. The van der Waals surface area contributed by atoms with Crippen molar-refractivity contribution < 1.29 is 4.79 Å². The second kappa shape index (κ2) is 5.88. The summed E-state index contributed by atoms with van der Waals surface area (Å²) in [6, 6.07) is 12.1. The Balaban J connectivity index is 2.12. The predicted octanol–water partition coefficient (Wildman–Crippen LogP) is 3.13. The zero-order valence-corrected chi connectivity index (χ0v) is 11.4. The van der Waals surface area contributed by atoms with E-state index in [1.54, 1.807) is 0 Å². The molecule has 1 aromatic rings. The van der Waals surface area contributed by atoms with E-state index in [-0.39, 0.29) is 11.8 Å². The zero-order chi connectivity index (χ0) is 13.7. The molecule has 2 rings (SSSR count). The third-order valence-electron chi connectivity index (χ3n) is 3.96. The van der Waals surface area contributed by atoms with Crippen molar-refractivity contribution in [2.24, 2.45) is 0 Å². The van der Waals surface area contributed by atoms with Crippen molar-refractivity contribution in [2.75, 3.05) is 0 Å². The lowest BCUT2D eigenvalue weighted by atomic mass is 9.92. The molecule has 1 unspecified atom stereocenters. The normalized spacial score (nSPS) is 18.5. The molecule has 0 bridgehead atoms. The Kier molecular flexibility index (Phi) is 4.21. The smallest absolute Gasteiger partial charge is 0.228 e. The standard InChI is InChI=1S/C16H20N2O/c1-2-14(13-8-4-3-5-9-13)15(19)18-16(12-17)10-6-7-11-16/h3-5,8-9,14H,2,6-7,10-11H2,1H3,(H,18,19). The van der Waals surface area contributed by atoms with E-state index in [0.717, 1.165) is 37.7 Å². The minimum absolute atomic E-state index is 0.0165. The average Bonchev–Trinajstić information content (AvgIpc) is 2.90. The minimum atomic E-state index is -0.626. The molecule has 1 saturated carbocycles. The van der Waals surface area contributed by atoms with Crippen molar-refractivity contribution in [1.29, 1.82) is 5.26 Å². The molecule has 0 radical (unpaired) electrons. The molecular formula is C16H20N2O. The molecule has 1 aliphatic rings. The lowest BCUT2D eigenvalue weighted by molar-refractivity contribution is -0.124. The largest absolute Gasteiger partial charge is 0.337 e. The highest BCUT2D eigenvalue weighted by Crippen LogP contribution is 2.30. The topological polar surface area (TPSA) is 52.9 Å². The van der Waals surface area contributed by atoms with Crippen molar-refractivity contribution in [1.82, 2.24) is 5.32 Å². The molecule has 3 heteroatoms. The van der Waals surface area contributed by atoms with Gasteiger partial charge in [0.15, 0.2) is 0 Å².